The fourth-order valence-corrected chi connectivity index (χ4v) is 3.14. The molecule has 0 saturated carbocycles. The Hall–Kier alpha value is -1.40. The number of nitrogens with zero attached hydrogens (tertiary/aromatic N) is 1. The van der Waals surface area contributed by atoms with Gasteiger partial charge in [-0.15, -0.1) is 0 Å². The largest absolute Gasteiger partial charge is 0.469 e. The molecule has 0 amide bonds. The highest BCUT2D eigenvalue weighted by Crippen LogP contribution is 2.50. The maximum absolute atomic E-state index is 15.2. The van der Waals surface area contributed by atoms with E-state index in [9.17, 15) is 14.2 Å². The Bertz CT molecular complexity index is 832. The number of ether oxygens (including phenoxy) is 3. The molecule has 13 heteroatoms. The van der Waals surface area contributed by atoms with Gasteiger partial charge in [0, 0.05) is 12.3 Å². The first kappa shape index (κ1) is 18.4. The number of nitrogens with one attached hydrogen (secondary N) is 1. The molecular weight excluding hydrogens is 366 g/mol. The molecule has 3 rings (SSSR count). The molecule has 0 spiro atoms. The summed E-state index contributed by atoms with van der Waals surface area (Å²) in [6, 6.07) is 1.03. The number of H-pyrrole nitrogens is 1. The normalized spacial score (nSPS) is 34.2. The van der Waals surface area contributed by atoms with E-state index in [1.54, 1.807) is 0 Å². The van der Waals surface area contributed by atoms with E-state index < -0.39 is 55.8 Å². The third kappa shape index (κ3) is 3.60. The molecule has 0 radical (unpaired) electrons. The molecule has 1 aromatic rings. The first-order valence-electron chi connectivity index (χ1n) is 7.14. The van der Waals surface area contributed by atoms with Gasteiger partial charge in [-0.1, -0.05) is 0 Å². The molecule has 2 aliphatic heterocycles. The lowest BCUT2D eigenvalue weighted by Crippen LogP contribution is -2.43. The molecule has 3 N–H and O–H groups in total. The van der Waals surface area contributed by atoms with Gasteiger partial charge in [0.15, 0.2) is 18.1 Å². The van der Waals surface area contributed by atoms with Crippen LogP contribution in [0.4, 0.5) is 4.39 Å². The standard InChI is InChI=1S/C12H16FN2O9P/c1-11(2)22-7-8(23-11)12(13,5-21-25(18,19)20)24-9(7)15-4-3-6(16)14-10(15)17/h3-4,7-9H,5H2,1-2H3,(H,14,16,17)(H2,18,19,20)/t7-,8+,9-,12-/m1/s1. The second-order valence-electron chi connectivity index (χ2n) is 6.10. The quantitative estimate of drug-likeness (QED) is 0.578. The molecule has 140 valence electrons. The van der Waals surface area contributed by atoms with Crippen molar-refractivity contribution in [2.75, 3.05) is 6.61 Å². The smallest absolute Gasteiger partial charge is 0.340 e. The molecule has 2 fully saturated rings. The minimum atomic E-state index is -4.97. The van der Waals surface area contributed by atoms with Crippen molar-refractivity contribution in [3.63, 3.8) is 0 Å². The zero-order valence-electron chi connectivity index (χ0n) is 13.1. The molecule has 4 atom stereocenters. The fraction of sp³-hybridized carbons (Fsp3) is 0.667. The van der Waals surface area contributed by atoms with Crippen molar-refractivity contribution in [2.45, 2.75) is 43.9 Å². The number of aromatic nitrogens is 2. The van der Waals surface area contributed by atoms with Gasteiger partial charge in [0.1, 0.15) is 12.7 Å². The van der Waals surface area contributed by atoms with Gasteiger partial charge in [0.25, 0.3) is 11.4 Å². The molecule has 2 saturated heterocycles. The van der Waals surface area contributed by atoms with Crippen LogP contribution in [0.25, 0.3) is 0 Å². The van der Waals surface area contributed by atoms with Crippen LogP contribution in [0.5, 0.6) is 0 Å². The van der Waals surface area contributed by atoms with Gasteiger partial charge >= 0.3 is 13.5 Å². The van der Waals surface area contributed by atoms with E-state index in [-0.39, 0.29) is 0 Å². The predicted octanol–water partition coefficient (Wildman–Crippen LogP) is -0.639. The number of aromatic amines is 1. The van der Waals surface area contributed by atoms with Crippen LogP contribution in [-0.4, -0.2) is 49.8 Å². The van der Waals surface area contributed by atoms with E-state index in [2.05, 4.69) is 4.52 Å². The van der Waals surface area contributed by atoms with E-state index in [0.717, 1.165) is 16.8 Å². The third-order valence-electron chi connectivity index (χ3n) is 3.71. The second kappa shape index (κ2) is 5.81. The molecule has 2 aliphatic rings. The lowest BCUT2D eigenvalue weighted by molar-refractivity contribution is -0.263. The van der Waals surface area contributed by atoms with Crippen molar-refractivity contribution in [3.05, 3.63) is 33.1 Å². The third-order valence-corrected chi connectivity index (χ3v) is 4.17. The number of rotatable bonds is 4. The van der Waals surface area contributed by atoms with E-state index in [1.165, 1.54) is 13.8 Å². The highest BCUT2D eigenvalue weighted by Gasteiger charge is 2.65. The van der Waals surface area contributed by atoms with Crippen LogP contribution in [0.1, 0.15) is 20.1 Å². The van der Waals surface area contributed by atoms with E-state index in [1.807, 2.05) is 4.98 Å². The maximum Gasteiger partial charge on any atom is 0.469 e. The Labute approximate surface area is 139 Å². The molecule has 25 heavy (non-hydrogen) atoms. The van der Waals surface area contributed by atoms with Gasteiger partial charge in [-0.05, 0) is 13.8 Å². The SMILES string of the molecule is CC1(C)O[C@H]2[C@H](n3ccc(=O)[nH]c3=O)O[C@](F)(COP(=O)(O)O)[C@H]2O1. The van der Waals surface area contributed by atoms with Crippen molar-refractivity contribution >= 4 is 7.82 Å². The van der Waals surface area contributed by atoms with Crippen LogP contribution in [0, 0.1) is 0 Å². The summed E-state index contributed by atoms with van der Waals surface area (Å²) in [5.41, 5.74) is -1.53. The van der Waals surface area contributed by atoms with Crippen molar-refractivity contribution in [2.24, 2.45) is 0 Å². The van der Waals surface area contributed by atoms with E-state index in [4.69, 9.17) is 24.0 Å². The number of halogens is 1. The summed E-state index contributed by atoms with van der Waals surface area (Å²) < 4.78 is 47.3. The predicted molar refractivity (Wildman–Crippen MR) is 77.1 cm³/mol. The van der Waals surface area contributed by atoms with Crippen LogP contribution >= 0.6 is 7.82 Å². The molecule has 0 aliphatic carbocycles. The number of hydrogen-bond donors (Lipinski definition) is 3. The number of phosphoric acid groups is 1. The average Bonchev–Trinajstić information content (AvgIpc) is 2.90. The first-order chi connectivity index (χ1) is 11.4. The minimum Gasteiger partial charge on any atom is -0.340 e. The van der Waals surface area contributed by atoms with Gasteiger partial charge in [-0.25, -0.2) is 13.8 Å². The summed E-state index contributed by atoms with van der Waals surface area (Å²) in [6.45, 7) is 1.86. The van der Waals surface area contributed by atoms with Gasteiger partial charge in [0.05, 0.1) is 0 Å². The minimum absolute atomic E-state index is 0.656. The van der Waals surface area contributed by atoms with Crippen LogP contribution in [0.3, 0.4) is 0 Å². The Morgan fingerprint density at radius 3 is 2.64 bits per heavy atom. The topological polar surface area (TPSA) is 149 Å². The average molecular weight is 382 g/mol. The number of alkyl halides is 1. The summed E-state index contributed by atoms with van der Waals surface area (Å²) in [5.74, 6) is -4.03. The lowest BCUT2D eigenvalue weighted by Gasteiger charge is -2.28. The molecule has 0 bridgehead atoms. The summed E-state index contributed by atoms with van der Waals surface area (Å²) in [7, 11) is -4.97. The highest BCUT2D eigenvalue weighted by molar-refractivity contribution is 7.46. The first-order valence-corrected chi connectivity index (χ1v) is 8.67. The van der Waals surface area contributed by atoms with Crippen molar-refractivity contribution < 1.29 is 37.5 Å². The van der Waals surface area contributed by atoms with Gasteiger partial charge in [0.2, 0.25) is 0 Å². The molecule has 0 unspecified atom stereocenters. The number of hydrogen-bond acceptors (Lipinski definition) is 7. The van der Waals surface area contributed by atoms with Crippen molar-refractivity contribution in [3.8, 4) is 0 Å². The summed E-state index contributed by atoms with van der Waals surface area (Å²) in [4.78, 5) is 42.7. The zero-order valence-corrected chi connectivity index (χ0v) is 14.0. The lowest BCUT2D eigenvalue weighted by atomic mass is 10.1. The second-order valence-corrected chi connectivity index (χ2v) is 7.34. The summed E-state index contributed by atoms with van der Waals surface area (Å²) in [5, 5.41) is 0. The van der Waals surface area contributed by atoms with Crippen molar-refractivity contribution in [1.29, 1.82) is 0 Å². The summed E-state index contributed by atoms with van der Waals surface area (Å²) >= 11 is 0. The Morgan fingerprint density at radius 1 is 1.36 bits per heavy atom. The van der Waals surface area contributed by atoms with Crippen LogP contribution < -0.4 is 11.2 Å². The Balaban J connectivity index is 1.96. The molecule has 0 aromatic carbocycles. The zero-order chi connectivity index (χ0) is 18.6. The molecular formula is C12H16FN2O9P. The summed E-state index contributed by atoms with van der Waals surface area (Å²) in [6.07, 6.45) is -2.80. The number of phosphoric ester groups is 1. The Kier molecular flexibility index (Phi) is 4.27. The molecule has 3 heterocycles. The van der Waals surface area contributed by atoms with Crippen LogP contribution in [0.2, 0.25) is 0 Å². The van der Waals surface area contributed by atoms with Crippen LogP contribution in [0.15, 0.2) is 21.9 Å². The van der Waals surface area contributed by atoms with E-state index in [0.29, 0.717) is 0 Å². The van der Waals surface area contributed by atoms with Gasteiger partial charge in [-0.3, -0.25) is 18.9 Å². The van der Waals surface area contributed by atoms with E-state index >= 15 is 4.39 Å². The van der Waals surface area contributed by atoms with Crippen molar-refractivity contribution in [1.82, 2.24) is 9.55 Å². The fourth-order valence-electron chi connectivity index (χ4n) is 2.80. The van der Waals surface area contributed by atoms with Gasteiger partial charge in [-0.2, -0.15) is 0 Å². The molecule has 11 nitrogen and oxygen atoms in total. The maximum atomic E-state index is 15.2. The molecule has 1 aromatic heterocycles. The number of fused-ring (bicyclic) bond motifs is 1. The monoisotopic (exact) mass is 382 g/mol. The Morgan fingerprint density at radius 2 is 2.04 bits per heavy atom. The van der Waals surface area contributed by atoms with Gasteiger partial charge < -0.3 is 24.0 Å². The highest BCUT2D eigenvalue weighted by atomic mass is 31.2. The van der Waals surface area contributed by atoms with Crippen LogP contribution in [-0.2, 0) is 23.3 Å².